The smallest absolute Gasteiger partial charge is 0.136 e. The molecule has 0 radical (unpaired) electrons. The van der Waals surface area contributed by atoms with Crippen LogP contribution in [0.4, 0.5) is 0 Å². The van der Waals surface area contributed by atoms with Crippen LogP contribution < -0.4 is 0 Å². The van der Waals surface area contributed by atoms with E-state index in [4.69, 9.17) is 8.83 Å². The predicted molar refractivity (Wildman–Crippen MR) is 264 cm³/mol. The summed E-state index contributed by atoms with van der Waals surface area (Å²) in [5.74, 6) is 0. The highest BCUT2D eigenvalue weighted by Gasteiger charge is 2.30. The second-order valence-corrected chi connectivity index (χ2v) is 20.0. The Morgan fingerprint density at radius 2 is 0.677 bits per heavy atom. The molecular formula is C60H42O2. The second kappa shape index (κ2) is 11.4. The zero-order chi connectivity index (χ0) is 41.6. The molecule has 2 heteroatoms. The lowest BCUT2D eigenvalue weighted by Crippen LogP contribution is -2.10. The van der Waals surface area contributed by atoms with Gasteiger partial charge < -0.3 is 8.83 Å². The summed E-state index contributed by atoms with van der Waals surface area (Å²) in [5, 5.41) is 19.7. The Morgan fingerprint density at radius 1 is 0.290 bits per heavy atom. The van der Waals surface area contributed by atoms with Gasteiger partial charge in [0.2, 0.25) is 0 Å². The van der Waals surface area contributed by atoms with Gasteiger partial charge in [0.15, 0.2) is 0 Å². The number of hydrogen-bond donors (Lipinski definition) is 0. The summed E-state index contributed by atoms with van der Waals surface area (Å²) in [6, 6.07) is 54.9. The summed E-state index contributed by atoms with van der Waals surface area (Å²) in [6.07, 6.45) is 0. The van der Waals surface area contributed by atoms with Crippen molar-refractivity contribution in [3.05, 3.63) is 157 Å². The first-order valence-electron chi connectivity index (χ1n) is 22.0. The van der Waals surface area contributed by atoms with E-state index < -0.39 is 0 Å². The highest BCUT2D eigenvalue weighted by molar-refractivity contribution is 6.42. The van der Waals surface area contributed by atoms with Crippen LogP contribution in [0.15, 0.2) is 154 Å². The van der Waals surface area contributed by atoms with Crippen molar-refractivity contribution in [1.82, 2.24) is 0 Å². The van der Waals surface area contributed by atoms with E-state index >= 15 is 0 Å². The van der Waals surface area contributed by atoms with Gasteiger partial charge in [0.05, 0.1) is 0 Å². The molecule has 0 spiro atoms. The van der Waals surface area contributed by atoms with Crippen LogP contribution in [0, 0.1) is 0 Å². The Bertz CT molecular complexity index is 3850. The predicted octanol–water partition coefficient (Wildman–Crippen LogP) is 17.8. The molecule has 2 aliphatic rings. The summed E-state index contributed by atoms with van der Waals surface area (Å²) in [7, 11) is 0. The Balaban J connectivity index is 1.09. The minimum atomic E-state index is 0.0936. The molecule has 12 aromatic carbocycles. The molecule has 0 bridgehead atoms. The molecule has 12 aromatic rings. The number of hydrogen-bond acceptors (Lipinski definition) is 2. The molecule has 0 N–H and O–H groups in total. The van der Waals surface area contributed by atoms with Gasteiger partial charge in [-0.3, -0.25) is 0 Å². The molecule has 0 amide bonds. The van der Waals surface area contributed by atoms with E-state index in [0.717, 1.165) is 44.2 Å². The molecule has 0 saturated heterocycles. The first-order chi connectivity index (χ1) is 30.0. The van der Waals surface area contributed by atoms with Crippen molar-refractivity contribution < 1.29 is 8.83 Å². The van der Waals surface area contributed by atoms with Crippen molar-refractivity contribution >= 4 is 109 Å². The van der Waals surface area contributed by atoms with Gasteiger partial charge in [0.1, 0.15) is 22.3 Å². The van der Waals surface area contributed by atoms with Gasteiger partial charge in [-0.15, -0.1) is 0 Å². The molecule has 2 heterocycles. The maximum absolute atomic E-state index is 7.21. The molecule has 0 fully saturated rings. The number of rotatable bonds is 2. The largest absolute Gasteiger partial charge is 0.456 e. The molecule has 62 heavy (non-hydrogen) atoms. The van der Waals surface area contributed by atoms with Crippen molar-refractivity contribution in [3.63, 3.8) is 0 Å². The Morgan fingerprint density at radius 3 is 1.08 bits per heavy atom. The molecule has 14 rings (SSSR count). The van der Waals surface area contributed by atoms with E-state index in [2.05, 4.69) is 187 Å². The fourth-order valence-corrected chi connectivity index (χ4v) is 11.3. The number of benzene rings is 12. The van der Waals surface area contributed by atoms with Crippen molar-refractivity contribution in [2.24, 2.45) is 0 Å². The fraction of sp³-hybridized carbons (Fsp3) is 0.133. The summed E-state index contributed by atoms with van der Waals surface area (Å²) in [6.45, 7) is 13.6. The monoisotopic (exact) mass is 794 g/mol. The zero-order valence-electron chi connectivity index (χ0n) is 35.7. The molecule has 0 aromatic heterocycles. The van der Waals surface area contributed by atoms with Gasteiger partial charge in [-0.2, -0.15) is 0 Å². The molecule has 0 unspecified atom stereocenters. The topological polar surface area (TPSA) is 26.3 Å². The van der Waals surface area contributed by atoms with Crippen molar-refractivity contribution in [2.45, 2.75) is 52.4 Å². The summed E-state index contributed by atoms with van der Waals surface area (Å²) in [5.41, 5.74) is 13.5. The van der Waals surface area contributed by atoms with E-state index in [1.165, 1.54) is 109 Å². The third kappa shape index (κ3) is 4.44. The molecule has 0 atom stereocenters. The van der Waals surface area contributed by atoms with Gasteiger partial charge >= 0.3 is 0 Å². The zero-order valence-corrected chi connectivity index (χ0v) is 35.7. The van der Waals surface area contributed by atoms with Crippen LogP contribution in [0.5, 0.6) is 0 Å². The maximum Gasteiger partial charge on any atom is 0.136 e. The maximum atomic E-state index is 7.21. The molecule has 2 nitrogen and oxygen atoms in total. The lowest BCUT2D eigenvalue weighted by atomic mass is 9.81. The van der Waals surface area contributed by atoms with E-state index in [9.17, 15) is 0 Å². The van der Waals surface area contributed by atoms with Crippen molar-refractivity contribution in [1.29, 1.82) is 0 Å². The van der Waals surface area contributed by atoms with Crippen LogP contribution in [0.1, 0.15) is 52.7 Å². The standard InChI is InChI=1S/C60H42O2/c1-59(2,3)37-17-13-31(14-18-37)35-25-33-9-7-11-39-41-21-23-47-55-53(41)45(43(27-35)51(33)39)29-49-57(55)58-50(62-47)30-46-44-28-36(32-15-19-38(20-16-32)60(4,5)6)26-34-10-8-12-40(52(34)44)42-22-24-48(61-49)56(58)54(42)46/h7-30H,1-6H3. The fourth-order valence-electron chi connectivity index (χ4n) is 11.3. The lowest BCUT2D eigenvalue weighted by molar-refractivity contribution is 0.590. The van der Waals surface area contributed by atoms with E-state index in [-0.39, 0.29) is 10.8 Å². The summed E-state index contributed by atoms with van der Waals surface area (Å²) in [4.78, 5) is 0. The number of fused-ring (bicyclic) bond motifs is 4. The van der Waals surface area contributed by atoms with Crippen LogP contribution >= 0.6 is 0 Å². The molecule has 2 aliphatic heterocycles. The minimum absolute atomic E-state index is 0.0936. The molecule has 0 saturated carbocycles. The van der Waals surface area contributed by atoms with Gasteiger partial charge in [-0.25, -0.2) is 0 Å². The van der Waals surface area contributed by atoms with Gasteiger partial charge in [0.25, 0.3) is 0 Å². The average Bonchev–Trinajstić information content (AvgIpc) is 3.27. The van der Waals surface area contributed by atoms with Crippen LogP contribution in [-0.2, 0) is 10.8 Å². The third-order valence-corrected chi connectivity index (χ3v) is 14.4. The highest BCUT2D eigenvalue weighted by atomic mass is 16.3. The Labute approximate surface area is 358 Å². The van der Waals surface area contributed by atoms with Crippen LogP contribution in [0.3, 0.4) is 0 Å². The lowest BCUT2D eigenvalue weighted by Gasteiger charge is -2.24. The Kier molecular flexibility index (Phi) is 6.35. The van der Waals surface area contributed by atoms with E-state index in [0.29, 0.717) is 0 Å². The SMILES string of the molecule is CC(C)(C)c1ccc(-c2cc3cccc4c5ccc6oc7cc8c9cc(-c%10ccc(C(C)(C)C)cc%10)cc%10cccc(c%11ccc%12oc%13cc(c(c2)c34)c5c6c%13-c7c%12c%118)c%109)cc1. The average molecular weight is 795 g/mol. The quantitative estimate of drug-likeness (QED) is 0.129. The molecular weight excluding hydrogens is 753 g/mol. The first-order valence-corrected chi connectivity index (χ1v) is 22.0. The summed E-state index contributed by atoms with van der Waals surface area (Å²) >= 11 is 0. The van der Waals surface area contributed by atoms with Crippen molar-refractivity contribution in [2.75, 3.05) is 0 Å². The molecule has 294 valence electrons. The summed E-state index contributed by atoms with van der Waals surface area (Å²) < 4.78 is 14.4. The minimum Gasteiger partial charge on any atom is -0.456 e. The van der Waals surface area contributed by atoms with Gasteiger partial charge in [-0.05, 0) is 170 Å². The van der Waals surface area contributed by atoms with Gasteiger partial charge in [-0.1, -0.05) is 126 Å². The normalized spacial score (nSPS) is 13.3. The molecule has 0 aliphatic carbocycles. The van der Waals surface area contributed by atoms with Crippen LogP contribution in [-0.4, -0.2) is 0 Å². The highest BCUT2D eigenvalue weighted by Crippen LogP contribution is 2.55. The third-order valence-electron chi connectivity index (χ3n) is 14.4. The van der Waals surface area contributed by atoms with Crippen LogP contribution in [0.25, 0.3) is 142 Å². The van der Waals surface area contributed by atoms with E-state index in [1.807, 2.05) is 0 Å². The Hall–Kier alpha value is -7.16. The second-order valence-electron chi connectivity index (χ2n) is 20.0. The van der Waals surface area contributed by atoms with Crippen LogP contribution in [0.2, 0.25) is 0 Å². The van der Waals surface area contributed by atoms with E-state index in [1.54, 1.807) is 0 Å². The first kappa shape index (κ1) is 34.5. The van der Waals surface area contributed by atoms with Crippen molar-refractivity contribution in [3.8, 4) is 33.4 Å². The van der Waals surface area contributed by atoms with Gasteiger partial charge in [0, 0.05) is 32.7 Å².